The van der Waals surface area contributed by atoms with Crippen LogP contribution in [0.2, 0.25) is 0 Å². The van der Waals surface area contributed by atoms with Crippen LogP contribution in [0, 0.1) is 10.1 Å². The van der Waals surface area contributed by atoms with E-state index in [1.54, 1.807) is 18.2 Å². The summed E-state index contributed by atoms with van der Waals surface area (Å²) in [5.41, 5.74) is 0. The maximum absolute atomic E-state index is 10.2. The monoisotopic (exact) mass is 175 g/mol. The quantitative estimate of drug-likeness (QED) is 0.342. The molecule has 0 fully saturated rings. The molecule has 0 saturated carbocycles. The number of nitrogens with zero attached hydrogens (tertiary/aromatic N) is 1. The van der Waals surface area contributed by atoms with Gasteiger partial charge in [-0.1, -0.05) is 24.4 Å². The molecule has 0 heterocycles. The summed E-state index contributed by atoms with van der Waals surface area (Å²) in [6.07, 6.45) is 6.37. The van der Waals surface area contributed by atoms with Crippen LogP contribution in [0.5, 0.6) is 0 Å². The van der Waals surface area contributed by atoms with E-state index in [-0.39, 0.29) is 4.70 Å². The highest BCUT2D eigenvalue weighted by molar-refractivity contribution is 7.80. The molecule has 0 aromatic carbocycles. The van der Waals surface area contributed by atoms with Crippen LogP contribution in [0.1, 0.15) is 0 Å². The standard InChI is InChI=1S/C6H5NO2S.FH/c8-7(9)5-3-1-2-4-6(5)10;/h1-5H;1H. The predicted octanol–water partition coefficient (Wildman–Crippen LogP) is 1.28. The van der Waals surface area contributed by atoms with Crippen LogP contribution < -0.4 is 0 Å². The van der Waals surface area contributed by atoms with Gasteiger partial charge in [0.1, 0.15) is 0 Å². The lowest BCUT2D eigenvalue weighted by Crippen LogP contribution is -2.25. The zero-order valence-electron chi connectivity index (χ0n) is 5.47. The lowest BCUT2D eigenvalue weighted by molar-refractivity contribution is -0.489. The van der Waals surface area contributed by atoms with Crippen molar-refractivity contribution in [3.8, 4) is 0 Å². The molecule has 0 amide bonds. The Bertz CT molecular complexity index is 237. The molecule has 1 unspecified atom stereocenters. The molecule has 0 aromatic rings. The highest BCUT2D eigenvalue weighted by atomic mass is 32.1. The Hall–Kier alpha value is -1.10. The molecule has 3 nitrogen and oxygen atoms in total. The van der Waals surface area contributed by atoms with Gasteiger partial charge in [0.2, 0.25) is 0 Å². The van der Waals surface area contributed by atoms with Gasteiger partial charge in [0.25, 0.3) is 6.04 Å². The first-order valence-corrected chi connectivity index (χ1v) is 3.15. The minimum Gasteiger partial charge on any atom is -0.269 e. The third-order valence-electron chi connectivity index (χ3n) is 1.18. The first kappa shape index (κ1) is 9.90. The van der Waals surface area contributed by atoms with Crippen molar-refractivity contribution in [1.82, 2.24) is 0 Å². The van der Waals surface area contributed by atoms with Crippen LogP contribution in [0.25, 0.3) is 0 Å². The smallest absolute Gasteiger partial charge is 0.266 e. The van der Waals surface area contributed by atoms with Crippen LogP contribution in [0.3, 0.4) is 0 Å². The largest absolute Gasteiger partial charge is 0.269 e. The highest BCUT2D eigenvalue weighted by Crippen LogP contribution is 2.03. The lowest BCUT2D eigenvalue weighted by atomic mass is 10.1. The van der Waals surface area contributed by atoms with Crippen LogP contribution >= 0.6 is 12.2 Å². The summed E-state index contributed by atoms with van der Waals surface area (Å²) >= 11 is 4.72. The van der Waals surface area contributed by atoms with Crippen molar-refractivity contribution < 1.29 is 9.63 Å². The maximum Gasteiger partial charge on any atom is 0.266 e. The molecule has 0 spiro atoms. The molecular weight excluding hydrogens is 169 g/mol. The predicted molar refractivity (Wildman–Crippen MR) is 44.2 cm³/mol. The summed E-state index contributed by atoms with van der Waals surface area (Å²) in [6, 6.07) is -0.792. The van der Waals surface area contributed by atoms with E-state index in [0.717, 1.165) is 0 Å². The van der Waals surface area contributed by atoms with E-state index in [1.165, 1.54) is 6.08 Å². The van der Waals surface area contributed by atoms with Gasteiger partial charge in [-0.15, -0.1) is 0 Å². The number of thiocarbonyl (C=S) groups is 1. The van der Waals surface area contributed by atoms with Gasteiger partial charge in [0.05, 0.1) is 4.86 Å². The third kappa shape index (κ3) is 2.19. The highest BCUT2D eigenvalue weighted by Gasteiger charge is 2.20. The zero-order chi connectivity index (χ0) is 7.56. The van der Waals surface area contributed by atoms with Crippen LogP contribution in [0.15, 0.2) is 24.3 Å². The van der Waals surface area contributed by atoms with Crippen molar-refractivity contribution in [2.24, 2.45) is 0 Å². The van der Waals surface area contributed by atoms with Gasteiger partial charge in [-0.25, -0.2) is 0 Å². The summed E-state index contributed by atoms with van der Waals surface area (Å²) in [5.74, 6) is 0. The van der Waals surface area contributed by atoms with Crippen molar-refractivity contribution in [3.63, 3.8) is 0 Å². The molecule has 0 saturated heterocycles. The summed E-state index contributed by atoms with van der Waals surface area (Å²) in [5, 5.41) is 10.2. The van der Waals surface area contributed by atoms with Crippen LogP contribution in [-0.2, 0) is 0 Å². The summed E-state index contributed by atoms with van der Waals surface area (Å²) < 4.78 is 0. The normalized spacial score (nSPS) is 21.1. The molecule has 11 heavy (non-hydrogen) atoms. The molecule has 5 heteroatoms. The Morgan fingerprint density at radius 1 is 1.55 bits per heavy atom. The van der Waals surface area contributed by atoms with Crippen molar-refractivity contribution in [1.29, 1.82) is 0 Å². The maximum atomic E-state index is 10.2. The number of hydrogen-bond acceptors (Lipinski definition) is 3. The fourth-order valence-electron chi connectivity index (χ4n) is 0.687. The van der Waals surface area contributed by atoms with Gasteiger partial charge >= 0.3 is 0 Å². The minimum atomic E-state index is -0.792. The first-order chi connectivity index (χ1) is 4.72. The summed E-state index contributed by atoms with van der Waals surface area (Å²) in [7, 11) is 0. The second kappa shape index (κ2) is 3.92. The Morgan fingerprint density at radius 3 is 2.55 bits per heavy atom. The van der Waals surface area contributed by atoms with E-state index in [0.29, 0.717) is 4.86 Å². The summed E-state index contributed by atoms with van der Waals surface area (Å²) in [4.78, 5) is 10.2. The fraction of sp³-hybridized carbons (Fsp3) is 0.167. The second-order valence-corrected chi connectivity index (χ2v) is 2.35. The van der Waals surface area contributed by atoms with E-state index in [1.807, 2.05) is 0 Å². The Morgan fingerprint density at radius 2 is 2.18 bits per heavy atom. The van der Waals surface area contributed by atoms with Gasteiger partial charge in [-0.2, -0.15) is 0 Å². The van der Waals surface area contributed by atoms with Crippen molar-refractivity contribution >= 4 is 17.1 Å². The Kier molecular flexibility index (Phi) is 3.53. The summed E-state index contributed by atoms with van der Waals surface area (Å²) in [6.45, 7) is 0. The van der Waals surface area contributed by atoms with Gasteiger partial charge in [0, 0.05) is 4.92 Å². The molecule has 1 aliphatic rings. The third-order valence-corrected chi connectivity index (χ3v) is 1.56. The first-order valence-electron chi connectivity index (χ1n) is 2.74. The second-order valence-electron chi connectivity index (χ2n) is 1.88. The van der Waals surface area contributed by atoms with E-state index in [2.05, 4.69) is 0 Å². The van der Waals surface area contributed by atoms with E-state index in [4.69, 9.17) is 12.2 Å². The van der Waals surface area contributed by atoms with Crippen LogP contribution in [0.4, 0.5) is 4.70 Å². The molecule has 1 atom stereocenters. The number of allylic oxidation sites excluding steroid dienone is 2. The van der Waals surface area contributed by atoms with Crippen molar-refractivity contribution in [2.45, 2.75) is 6.04 Å². The average molecular weight is 175 g/mol. The lowest BCUT2D eigenvalue weighted by Gasteiger charge is -2.04. The Balaban J connectivity index is 0.000001000. The van der Waals surface area contributed by atoms with E-state index < -0.39 is 11.0 Å². The average Bonchev–Trinajstić information content (AvgIpc) is 1.88. The SMILES string of the molecule is F.O=[N+]([O-])C1C=CC=CC1=S. The van der Waals surface area contributed by atoms with Gasteiger partial charge in [-0.05, 0) is 12.2 Å². The van der Waals surface area contributed by atoms with E-state index in [9.17, 15) is 10.1 Å². The van der Waals surface area contributed by atoms with Gasteiger partial charge in [-0.3, -0.25) is 14.8 Å². The van der Waals surface area contributed by atoms with Crippen molar-refractivity contribution in [3.05, 3.63) is 34.4 Å². The molecule has 60 valence electrons. The fourth-order valence-corrected chi connectivity index (χ4v) is 0.931. The minimum absolute atomic E-state index is 0. The Labute approximate surface area is 67.9 Å². The number of nitro groups is 1. The topological polar surface area (TPSA) is 43.1 Å². The van der Waals surface area contributed by atoms with Crippen LogP contribution in [-0.4, -0.2) is 15.8 Å². The molecule has 1 rings (SSSR count). The van der Waals surface area contributed by atoms with Gasteiger partial charge < -0.3 is 0 Å². The van der Waals surface area contributed by atoms with Gasteiger partial charge in [0.15, 0.2) is 0 Å². The van der Waals surface area contributed by atoms with Crippen molar-refractivity contribution in [2.75, 3.05) is 0 Å². The molecule has 0 aromatic heterocycles. The molecule has 0 aliphatic heterocycles. The molecule has 0 bridgehead atoms. The molecule has 0 N–H and O–H groups in total. The number of hydrogen-bond donors (Lipinski definition) is 0. The number of halogens is 1. The zero-order valence-corrected chi connectivity index (χ0v) is 6.28. The molecular formula is C6H6FNO2S. The number of rotatable bonds is 1. The molecule has 0 radical (unpaired) electrons. The van der Waals surface area contributed by atoms with E-state index >= 15 is 0 Å². The molecule has 1 aliphatic carbocycles.